The van der Waals surface area contributed by atoms with Crippen molar-refractivity contribution in [3.63, 3.8) is 0 Å². The quantitative estimate of drug-likeness (QED) is 0.826. The Balaban J connectivity index is 2.10. The molecule has 0 spiro atoms. The fraction of sp³-hybridized carbons (Fsp3) is 0.118. The van der Waals surface area contributed by atoms with Gasteiger partial charge in [-0.25, -0.2) is 4.79 Å². The van der Waals surface area contributed by atoms with Gasteiger partial charge >= 0.3 is 5.97 Å². The summed E-state index contributed by atoms with van der Waals surface area (Å²) >= 11 is 0. The van der Waals surface area contributed by atoms with Crippen LogP contribution in [0.15, 0.2) is 54.6 Å². The third kappa shape index (κ3) is 4.38. The number of hydrogen-bond donors (Lipinski definition) is 1. The molecular formula is C17H16O4. The van der Waals surface area contributed by atoms with Crippen molar-refractivity contribution >= 4 is 12.0 Å². The highest BCUT2D eigenvalue weighted by Crippen LogP contribution is 2.21. The Morgan fingerprint density at radius 3 is 2.76 bits per heavy atom. The van der Waals surface area contributed by atoms with Crippen LogP contribution in [0.5, 0.6) is 11.5 Å². The van der Waals surface area contributed by atoms with Crippen molar-refractivity contribution in [3.05, 3.63) is 65.7 Å². The number of rotatable bonds is 6. The van der Waals surface area contributed by atoms with Gasteiger partial charge in [0.05, 0.1) is 7.11 Å². The second kappa shape index (κ2) is 7.14. The highest BCUT2D eigenvalue weighted by molar-refractivity contribution is 5.85. The first-order valence-corrected chi connectivity index (χ1v) is 6.45. The van der Waals surface area contributed by atoms with Crippen molar-refractivity contribution < 1.29 is 19.4 Å². The third-order valence-corrected chi connectivity index (χ3v) is 2.85. The predicted octanol–water partition coefficient (Wildman–Crippen LogP) is 3.37. The molecular weight excluding hydrogens is 268 g/mol. The monoisotopic (exact) mass is 284 g/mol. The summed E-state index contributed by atoms with van der Waals surface area (Å²) in [4.78, 5) is 10.6. The van der Waals surface area contributed by atoms with E-state index in [0.29, 0.717) is 12.4 Å². The molecule has 2 aromatic rings. The fourth-order valence-corrected chi connectivity index (χ4v) is 1.83. The van der Waals surface area contributed by atoms with Gasteiger partial charge in [-0.05, 0) is 29.8 Å². The van der Waals surface area contributed by atoms with Gasteiger partial charge in [-0.3, -0.25) is 0 Å². The van der Waals surface area contributed by atoms with E-state index in [1.807, 2.05) is 42.5 Å². The molecule has 0 unspecified atom stereocenters. The topological polar surface area (TPSA) is 55.8 Å². The van der Waals surface area contributed by atoms with E-state index >= 15 is 0 Å². The van der Waals surface area contributed by atoms with Crippen LogP contribution in [0.4, 0.5) is 0 Å². The predicted molar refractivity (Wildman–Crippen MR) is 80.4 cm³/mol. The van der Waals surface area contributed by atoms with Gasteiger partial charge < -0.3 is 14.6 Å². The molecule has 21 heavy (non-hydrogen) atoms. The Morgan fingerprint density at radius 2 is 2.00 bits per heavy atom. The lowest BCUT2D eigenvalue weighted by atomic mass is 10.2. The zero-order chi connectivity index (χ0) is 15.1. The van der Waals surface area contributed by atoms with Crippen LogP contribution in [0.1, 0.15) is 11.1 Å². The van der Waals surface area contributed by atoms with Crippen LogP contribution in [0, 0.1) is 0 Å². The summed E-state index contributed by atoms with van der Waals surface area (Å²) in [6, 6.07) is 14.9. The fourth-order valence-electron chi connectivity index (χ4n) is 1.83. The van der Waals surface area contributed by atoms with Crippen LogP contribution in [0.3, 0.4) is 0 Å². The number of carboxylic acids is 1. The number of hydrogen-bond acceptors (Lipinski definition) is 3. The maximum atomic E-state index is 10.6. The molecule has 4 heteroatoms. The highest BCUT2D eigenvalue weighted by atomic mass is 16.5. The normalized spacial score (nSPS) is 10.5. The summed E-state index contributed by atoms with van der Waals surface area (Å²) < 4.78 is 10.9. The molecule has 0 aliphatic carbocycles. The van der Waals surface area contributed by atoms with E-state index in [1.54, 1.807) is 13.2 Å². The first-order valence-electron chi connectivity index (χ1n) is 6.45. The first kappa shape index (κ1) is 14.7. The molecule has 0 heterocycles. The van der Waals surface area contributed by atoms with E-state index < -0.39 is 5.97 Å². The maximum Gasteiger partial charge on any atom is 0.328 e. The zero-order valence-electron chi connectivity index (χ0n) is 11.7. The SMILES string of the molecule is COc1cccc(COc2ccccc2/C=C/C(=O)O)c1. The highest BCUT2D eigenvalue weighted by Gasteiger charge is 2.02. The molecule has 0 saturated heterocycles. The van der Waals surface area contributed by atoms with E-state index in [1.165, 1.54) is 6.08 Å². The average Bonchev–Trinajstić information content (AvgIpc) is 2.52. The summed E-state index contributed by atoms with van der Waals surface area (Å²) in [5, 5.41) is 8.69. The van der Waals surface area contributed by atoms with Crippen molar-refractivity contribution in [1.29, 1.82) is 0 Å². The molecule has 0 radical (unpaired) electrons. The Kier molecular flexibility index (Phi) is 4.99. The number of para-hydroxylation sites is 1. The molecule has 0 aromatic heterocycles. The molecule has 2 rings (SSSR count). The standard InChI is InChI=1S/C17H16O4/c1-20-15-7-4-5-13(11-15)12-21-16-8-3-2-6-14(16)9-10-17(18)19/h2-11H,12H2,1H3,(H,18,19)/b10-9+. The molecule has 108 valence electrons. The van der Waals surface area contributed by atoms with Gasteiger partial charge in [0.1, 0.15) is 18.1 Å². The Hall–Kier alpha value is -2.75. The Morgan fingerprint density at radius 1 is 1.19 bits per heavy atom. The first-order chi connectivity index (χ1) is 10.2. The second-order valence-corrected chi connectivity index (χ2v) is 4.35. The average molecular weight is 284 g/mol. The van der Waals surface area contributed by atoms with E-state index in [-0.39, 0.29) is 0 Å². The van der Waals surface area contributed by atoms with Crippen LogP contribution >= 0.6 is 0 Å². The van der Waals surface area contributed by atoms with E-state index in [9.17, 15) is 4.79 Å². The lowest BCUT2D eigenvalue weighted by molar-refractivity contribution is -0.131. The van der Waals surface area contributed by atoms with Crippen LogP contribution in [-0.4, -0.2) is 18.2 Å². The molecule has 0 amide bonds. The number of ether oxygens (including phenoxy) is 2. The molecule has 0 atom stereocenters. The number of carboxylic acid groups (broad SMARTS) is 1. The Bertz CT molecular complexity index is 647. The van der Waals surface area contributed by atoms with E-state index in [4.69, 9.17) is 14.6 Å². The third-order valence-electron chi connectivity index (χ3n) is 2.85. The molecule has 0 fully saturated rings. The van der Waals surface area contributed by atoms with Gasteiger partial charge in [0.25, 0.3) is 0 Å². The minimum atomic E-state index is -0.988. The summed E-state index contributed by atoms with van der Waals surface area (Å²) in [7, 11) is 1.62. The Labute approximate surface area is 123 Å². The summed E-state index contributed by atoms with van der Waals surface area (Å²) in [6.45, 7) is 0.384. The van der Waals surface area contributed by atoms with E-state index in [0.717, 1.165) is 23.0 Å². The van der Waals surface area contributed by atoms with Crippen molar-refractivity contribution in [3.8, 4) is 11.5 Å². The molecule has 0 aliphatic heterocycles. The largest absolute Gasteiger partial charge is 0.497 e. The number of aliphatic carboxylic acids is 1. The minimum Gasteiger partial charge on any atom is -0.497 e. The molecule has 1 N–H and O–H groups in total. The lowest BCUT2D eigenvalue weighted by Crippen LogP contribution is -1.97. The van der Waals surface area contributed by atoms with Crippen molar-refractivity contribution in [2.45, 2.75) is 6.61 Å². The summed E-state index contributed by atoms with van der Waals surface area (Å²) in [5.41, 5.74) is 1.70. The van der Waals surface area contributed by atoms with Crippen molar-refractivity contribution in [2.75, 3.05) is 7.11 Å². The number of methoxy groups -OCH3 is 1. The summed E-state index contributed by atoms with van der Waals surface area (Å²) in [6.07, 6.45) is 2.61. The molecule has 4 nitrogen and oxygen atoms in total. The minimum absolute atomic E-state index is 0.384. The van der Waals surface area contributed by atoms with Gasteiger partial charge in [0, 0.05) is 11.6 Å². The zero-order valence-corrected chi connectivity index (χ0v) is 11.7. The van der Waals surface area contributed by atoms with Gasteiger partial charge in [-0.1, -0.05) is 30.3 Å². The van der Waals surface area contributed by atoms with Crippen LogP contribution < -0.4 is 9.47 Å². The van der Waals surface area contributed by atoms with Gasteiger partial charge in [-0.15, -0.1) is 0 Å². The molecule has 0 bridgehead atoms. The van der Waals surface area contributed by atoms with Gasteiger partial charge in [-0.2, -0.15) is 0 Å². The summed E-state index contributed by atoms with van der Waals surface area (Å²) in [5.74, 6) is 0.422. The maximum absolute atomic E-state index is 10.6. The number of carbonyl (C=O) groups is 1. The van der Waals surface area contributed by atoms with Gasteiger partial charge in [0.2, 0.25) is 0 Å². The van der Waals surface area contributed by atoms with Crippen LogP contribution in [-0.2, 0) is 11.4 Å². The molecule has 0 saturated carbocycles. The van der Waals surface area contributed by atoms with Crippen LogP contribution in [0.25, 0.3) is 6.08 Å². The van der Waals surface area contributed by atoms with E-state index in [2.05, 4.69) is 0 Å². The lowest BCUT2D eigenvalue weighted by Gasteiger charge is -2.10. The van der Waals surface area contributed by atoms with Crippen molar-refractivity contribution in [2.24, 2.45) is 0 Å². The van der Waals surface area contributed by atoms with Gasteiger partial charge in [0.15, 0.2) is 0 Å². The van der Waals surface area contributed by atoms with Crippen LogP contribution in [0.2, 0.25) is 0 Å². The molecule has 2 aromatic carbocycles. The second-order valence-electron chi connectivity index (χ2n) is 4.35. The van der Waals surface area contributed by atoms with Crippen molar-refractivity contribution in [1.82, 2.24) is 0 Å². The number of benzene rings is 2. The smallest absolute Gasteiger partial charge is 0.328 e. The molecule has 0 aliphatic rings.